The van der Waals surface area contributed by atoms with E-state index in [0.717, 1.165) is 56.3 Å². The van der Waals surface area contributed by atoms with Crippen molar-refractivity contribution in [2.45, 2.75) is 52.4 Å². The maximum Gasteiger partial charge on any atom is 0.226 e. The van der Waals surface area contributed by atoms with Crippen molar-refractivity contribution >= 4 is 5.96 Å². The van der Waals surface area contributed by atoms with Gasteiger partial charge in [-0.1, -0.05) is 30.5 Å². The molecule has 1 aromatic heterocycles. The zero-order valence-electron chi connectivity index (χ0n) is 18.7. The number of rotatable bonds is 10. The Labute approximate surface area is 180 Å². The predicted molar refractivity (Wildman–Crippen MR) is 122 cm³/mol. The van der Waals surface area contributed by atoms with Crippen LogP contribution in [0.15, 0.2) is 39.9 Å². The van der Waals surface area contributed by atoms with Crippen molar-refractivity contribution in [1.82, 2.24) is 15.6 Å². The molecule has 30 heavy (non-hydrogen) atoms. The molecule has 1 heterocycles. The highest BCUT2D eigenvalue weighted by Gasteiger charge is 2.33. The first-order valence-electron chi connectivity index (χ1n) is 11.2. The molecule has 6 nitrogen and oxygen atoms in total. The molecule has 0 aliphatic heterocycles. The lowest BCUT2D eigenvalue weighted by molar-refractivity contribution is 0.141. The molecule has 0 atom stereocenters. The third kappa shape index (κ3) is 6.33. The molecule has 2 N–H and O–H groups in total. The Bertz CT molecular complexity index is 792. The maximum atomic E-state index is 5.66. The number of aryl methyl sites for hydroxylation is 1. The van der Waals surface area contributed by atoms with Crippen LogP contribution < -0.4 is 10.6 Å². The van der Waals surface area contributed by atoms with Crippen LogP contribution >= 0.6 is 0 Å². The van der Waals surface area contributed by atoms with Crippen LogP contribution in [0.3, 0.4) is 0 Å². The quantitative estimate of drug-likeness (QED) is 0.448. The highest BCUT2D eigenvalue weighted by molar-refractivity contribution is 5.79. The fourth-order valence-electron chi connectivity index (χ4n) is 4.08. The third-order valence-corrected chi connectivity index (χ3v) is 5.94. The topological polar surface area (TPSA) is 71.7 Å². The summed E-state index contributed by atoms with van der Waals surface area (Å²) in [7, 11) is 1.78. The van der Waals surface area contributed by atoms with Gasteiger partial charge in [-0.05, 0) is 50.7 Å². The van der Waals surface area contributed by atoms with E-state index in [2.05, 4.69) is 41.6 Å². The van der Waals surface area contributed by atoms with Gasteiger partial charge in [0.15, 0.2) is 5.96 Å². The van der Waals surface area contributed by atoms with E-state index >= 15 is 0 Å². The number of methoxy groups -OCH3 is 1. The Morgan fingerprint density at radius 2 is 1.97 bits per heavy atom. The number of aliphatic imine (C=N–C) groups is 1. The number of aromatic nitrogens is 1. The van der Waals surface area contributed by atoms with Gasteiger partial charge in [0, 0.05) is 45.3 Å². The summed E-state index contributed by atoms with van der Waals surface area (Å²) in [6.07, 6.45) is 8.73. The molecule has 0 radical (unpaired) electrons. The van der Waals surface area contributed by atoms with Gasteiger partial charge < -0.3 is 19.8 Å². The molecule has 1 saturated carbocycles. The normalized spacial score (nSPS) is 16.0. The molecular formula is C24H36N4O2. The van der Waals surface area contributed by atoms with E-state index in [0.29, 0.717) is 11.3 Å². The highest BCUT2D eigenvalue weighted by Crippen LogP contribution is 2.41. The van der Waals surface area contributed by atoms with Gasteiger partial charge >= 0.3 is 0 Å². The first-order valence-corrected chi connectivity index (χ1v) is 11.2. The van der Waals surface area contributed by atoms with Crippen molar-refractivity contribution in [2.24, 2.45) is 10.4 Å². The van der Waals surface area contributed by atoms with Crippen LogP contribution in [0.4, 0.5) is 0 Å². The Balaban J connectivity index is 1.53. The lowest BCUT2D eigenvalue weighted by Crippen LogP contribution is -2.39. The minimum absolute atomic E-state index is 0.299. The smallest absolute Gasteiger partial charge is 0.226 e. The van der Waals surface area contributed by atoms with Crippen LogP contribution in [0.2, 0.25) is 0 Å². The summed E-state index contributed by atoms with van der Waals surface area (Å²) in [4.78, 5) is 9.53. The Hall–Kier alpha value is -2.34. The Morgan fingerprint density at radius 3 is 2.67 bits per heavy atom. The molecule has 3 rings (SSSR count). The minimum atomic E-state index is 0.299. The molecule has 0 unspecified atom stereocenters. The van der Waals surface area contributed by atoms with Gasteiger partial charge in [0.1, 0.15) is 6.26 Å². The lowest BCUT2D eigenvalue weighted by atomic mass is 9.83. The average molecular weight is 413 g/mol. The number of nitrogens with zero attached hydrogens (tertiary/aromatic N) is 2. The number of guanidine groups is 1. The molecule has 0 amide bonds. The second kappa shape index (κ2) is 11.2. The van der Waals surface area contributed by atoms with Gasteiger partial charge in [-0.25, -0.2) is 4.98 Å². The van der Waals surface area contributed by atoms with Crippen molar-refractivity contribution in [1.29, 1.82) is 0 Å². The van der Waals surface area contributed by atoms with Crippen LogP contribution in [-0.4, -0.2) is 44.3 Å². The monoisotopic (exact) mass is 412 g/mol. The van der Waals surface area contributed by atoms with Gasteiger partial charge in [-0.3, -0.25) is 4.99 Å². The number of hydrogen-bond acceptors (Lipinski definition) is 4. The highest BCUT2D eigenvalue weighted by atomic mass is 16.5. The van der Waals surface area contributed by atoms with E-state index < -0.39 is 0 Å². The summed E-state index contributed by atoms with van der Waals surface area (Å²) in [6, 6.07) is 8.23. The molecule has 2 aromatic rings. The van der Waals surface area contributed by atoms with Crippen LogP contribution in [0.25, 0.3) is 11.5 Å². The summed E-state index contributed by atoms with van der Waals surface area (Å²) in [6.45, 7) is 7.45. The zero-order chi connectivity index (χ0) is 21.2. The standard InChI is InChI=1S/C24H36N4O2/c1-4-25-23(27-18-24(14-16-29-3)12-5-6-13-24)26-15-11-21-17-30-22(28-21)20-9-7-19(2)8-10-20/h7-10,17H,4-6,11-16,18H2,1-3H3,(H2,25,26,27). The third-order valence-electron chi connectivity index (χ3n) is 5.94. The van der Waals surface area contributed by atoms with Gasteiger partial charge in [0.2, 0.25) is 5.89 Å². The molecular weight excluding hydrogens is 376 g/mol. The van der Waals surface area contributed by atoms with Crippen LogP contribution in [0.5, 0.6) is 0 Å². The van der Waals surface area contributed by atoms with Crippen molar-refractivity contribution in [2.75, 3.05) is 33.4 Å². The minimum Gasteiger partial charge on any atom is -0.444 e. The largest absolute Gasteiger partial charge is 0.444 e. The lowest BCUT2D eigenvalue weighted by Gasteiger charge is -2.27. The molecule has 1 aromatic carbocycles. The summed E-state index contributed by atoms with van der Waals surface area (Å²) in [5.74, 6) is 1.55. The van der Waals surface area contributed by atoms with Crippen molar-refractivity contribution in [3.63, 3.8) is 0 Å². The predicted octanol–water partition coefficient (Wildman–Crippen LogP) is 4.34. The molecule has 1 aliphatic carbocycles. The second-order valence-electron chi connectivity index (χ2n) is 8.33. The van der Waals surface area contributed by atoms with Gasteiger partial charge in [-0.2, -0.15) is 0 Å². The van der Waals surface area contributed by atoms with Gasteiger partial charge in [0.05, 0.1) is 5.69 Å². The fraction of sp³-hybridized carbons (Fsp3) is 0.583. The zero-order valence-corrected chi connectivity index (χ0v) is 18.7. The maximum absolute atomic E-state index is 5.66. The van der Waals surface area contributed by atoms with E-state index in [1.807, 2.05) is 12.1 Å². The number of hydrogen-bond donors (Lipinski definition) is 2. The number of nitrogens with one attached hydrogen (secondary N) is 2. The molecule has 1 aliphatic rings. The Morgan fingerprint density at radius 1 is 1.20 bits per heavy atom. The Kier molecular flexibility index (Phi) is 8.31. The van der Waals surface area contributed by atoms with E-state index in [-0.39, 0.29) is 0 Å². The van der Waals surface area contributed by atoms with Crippen molar-refractivity contribution < 1.29 is 9.15 Å². The molecule has 164 valence electrons. The number of ether oxygens (including phenoxy) is 1. The molecule has 0 spiro atoms. The second-order valence-corrected chi connectivity index (χ2v) is 8.33. The molecule has 1 fully saturated rings. The molecule has 6 heteroatoms. The summed E-state index contributed by atoms with van der Waals surface area (Å²) < 4.78 is 11.0. The van der Waals surface area contributed by atoms with E-state index in [9.17, 15) is 0 Å². The summed E-state index contributed by atoms with van der Waals surface area (Å²) in [5.41, 5.74) is 3.48. The average Bonchev–Trinajstić information content (AvgIpc) is 3.41. The van der Waals surface area contributed by atoms with Gasteiger partial charge in [-0.15, -0.1) is 0 Å². The number of oxazole rings is 1. The van der Waals surface area contributed by atoms with Crippen molar-refractivity contribution in [3.8, 4) is 11.5 Å². The van der Waals surface area contributed by atoms with E-state index in [1.54, 1.807) is 13.4 Å². The first kappa shape index (κ1) is 22.3. The first-order chi connectivity index (χ1) is 14.6. The van der Waals surface area contributed by atoms with E-state index in [1.165, 1.54) is 31.2 Å². The fourth-order valence-corrected chi connectivity index (χ4v) is 4.08. The van der Waals surface area contributed by atoms with Crippen LogP contribution in [-0.2, 0) is 11.2 Å². The molecule has 0 saturated heterocycles. The van der Waals surface area contributed by atoms with Crippen molar-refractivity contribution in [3.05, 3.63) is 41.8 Å². The van der Waals surface area contributed by atoms with E-state index in [4.69, 9.17) is 14.1 Å². The molecule has 0 bridgehead atoms. The number of benzene rings is 1. The van der Waals surface area contributed by atoms with Crippen LogP contribution in [0, 0.1) is 12.3 Å². The summed E-state index contributed by atoms with van der Waals surface area (Å²) >= 11 is 0. The van der Waals surface area contributed by atoms with Gasteiger partial charge in [0.25, 0.3) is 0 Å². The summed E-state index contributed by atoms with van der Waals surface area (Å²) in [5, 5.41) is 6.82. The van der Waals surface area contributed by atoms with Crippen LogP contribution in [0.1, 0.15) is 50.3 Å². The SMILES string of the molecule is CCNC(=NCC1(CCOC)CCCC1)NCCc1coc(-c2ccc(C)cc2)n1.